The monoisotopic (exact) mass is 318 g/mol. The summed E-state index contributed by atoms with van der Waals surface area (Å²) in [6.45, 7) is 3.84. The molecular formula is C16H22N4OS. The molecule has 1 aromatic heterocycles. The standard InChI is InChI=1S/C16H22N4OS/c1-9-15(10(2)21-19-9)11-7-13(17)16(18)14(8-11)22-20-12-5-3-4-6-12/h7-8,12,20H,3-6,17-18H2,1-2H3. The minimum atomic E-state index is 0.563. The first-order chi connectivity index (χ1) is 10.6. The molecule has 5 N–H and O–H groups in total. The van der Waals surface area contributed by atoms with E-state index in [2.05, 4.69) is 15.9 Å². The van der Waals surface area contributed by atoms with Gasteiger partial charge in [-0.3, -0.25) is 4.72 Å². The van der Waals surface area contributed by atoms with E-state index < -0.39 is 0 Å². The maximum absolute atomic E-state index is 6.14. The van der Waals surface area contributed by atoms with Gasteiger partial charge in [0.15, 0.2) is 0 Å². The van der Waals surface area contributed by atoms with Crippen LogP contribution in [0.4, 0.5) is 11.4 Å². The van der Waals surface area contributed by atoms with Crippen molar-refractivity contribution in [3.05, 3.63) is 23.6 Å². The van der Waals surface area contributed by atoms with Gasteiger partial charge in [-0.15, -0.1) is 0 Å². The maximum Gasteiger partial charge on any atom is 0.141 e. The number of nitrogen functional groups attached to an aromatic ring is 2. The predicted octanol–water partition coefficient (Wildman–Crippen LogP) is 3.66. The van der Waals surface area contributed by atoms with E-state index in [0.29, 0.717) is 17.4 Å². The number of nitrogens with two attached hydrogens (primary N) is 2. The van der Waals surface area contributed by atoms with Crippen molar-refractivity contribution in [2.75, 3.05) is 11.5 Å². The quantitative estimate of drug-likeness (QED) is 0.589. The normalized spacial score (nSPS) is 15.5. The van der Waals surface area contributed by atoms with Crippen LogP contribution in [0.1, 0.15) is 37.1 Å². The molecule has 5 nitrogen and oxygen atoms in total. The summed E-state index contributed by atoms with van der Waals surface area (Å²) >= 11 is 1.58. The molecule has 22 heavy (non-hydrogen) atoms. The average Bonchev–Trinajstić information content (AvgIpc) is 3.11. The Labute approximate surface area is 134 Å². The Hall–Kier alpha value is -1.66. The third kappa shape index (κ3) is 2.94. The van der Waals surface area contributed by atoms with Crippen LogP contribution in [0.2, 0.25) is 0 Å². The van der Waals surface area contributed by atoms with Crippen molar-refractivity contribution >= 4 is 23.3 Å². The van der Waals surface area contributed by atoms with Gasteiger partial charge < -0.3 is 16.0 Å². The first kappa shape index (κ1) is 15.2. The maximum atomic E-state index is 6.14. The smallest absolute Gasteiger partial charge is 0.141 e. The summed E-state index contributed by atoms with van der Waals surface area (Å²) in [5, 5.41) is 4.01. The average molecular weight is 318 g/mol. The highest BCUT2D eigenvalue weighted by Crippen LogP contribution is 2.37. The van der Waals surface area contributed by atoms with Crippen molar-refractivity contribution in [1.82, 2.24) is 9.88 Å². The third-order valence-corrected chi connectivity index (χ3v) is 5.20. The number of nitrogens with zero attached hydrogens (tertiary/aromatic N) is 1. The van der Waals surface area contributed by atoms with E-state index in [1.165, 1.54) is 25.7 Å². The molecule has 0 amide bonds. The van der Waals surface area contributed by atoms with Gasteiger partial charge in [-0.25, -0.2) is 0 Å². The summed E-state index contributed by atoms with van der Waals surface area (Å²) in [6.07, 6.45) is 5.06. The molecule has 1 aromatic carbocycles. The molecule has 0 saturated heterocycles. The number of nitrogens with one attached hydrogen (secondary N) is 1. The summed E-state index contributed by atoms with van der Waals surface area (Å²) in [4.78, 5) is 0.960. The number of aromatic nitrogens is 1. The van der Waals surface area contributed by atoms with E-state index in [1.54, 1.807) is 11.9 Å². The van der Waals surface area contributed by atoms with E-state index in [0.717, 1.165) is 27.5 Å². The highest BCUT2D eigenvalue weighted by atomic mass is 32.2. The predicted molar refractivity (Wildman–Crippen MR) is 91.5 cm³/mol. The molecule has 3 rings (SSSR count). The Morgan fingerprint density at radius 1 is 1.23 bits per heavy atom. The second-order valence-corrected chi connectivity index (χ2v) is 6.76. The molecule has 0 atom stereocenters. The van der Waals surface area contributed by atoms with Gasteiger partial charge >= 0.3 is 0 Å². The van der Waals surface area contributed by atoms with Crippen molar-refractivity contribution in [2.24, 2.45) is 0 Å². The number of anilines is 2. The van der Waals surface area contributed by atoms with Crippen LogP contribution in [0.15, 0.2) is 21.6 Å². The fourth-order valence-corrected chi connectivity index (χ4v) is 3.91. The molecule has 6 heteroatoms. The SMILES string of the molecule is Cc1noc(C)c1-c1cc(N)c(N)c(SNC2CCCC2)c1. The summed E-state index contributed by atoms with van der Waals surface area (Å²) in [7, 11) is 0. The molecule has 1 heterocycles. The summed E-state index contributed by atoms with van der Waals surface area (Å²) < 4.78 is 8.77. The lowest BCUT2D eigenvalue weighted by Gasteiger charge is -2.14. The summed E-state index contributed by atoms with van der Waals surface area (Å²) in [6, 6.07) is 4.51. The number of benzene rings is 1. The largest absolute Gasteiger partial charge is 0.397 e. The summed E-state index contributed by atoms with van der Waals surface area (Å²) in [5.41, 5.74) is 16.3. The zero-order valence-corrected chi connectivity index (χ0v) is 13.8. The lowest BCUT2D eigenvalue weighted by atomic mass is 10.0. The lowest BCUT2D eigenvalue weighted by molar-refractivity contribution is 0.393. The highest BCUT2D eigenvalue weighted by Gasteiger charge is 2.18. The van der Waals surface area contributed by atoms with E-state index >= 15 is 0 Å². The van der Waals surface area contributed by atoms with Gasteiger partial charge in [-0.2, -0.15) is 0 Å². The van der Waals surface area contributed by atoms with E-state index in [-0.39, 0.29) is 0 Å². The van der Waals surface area contributed by atoms with Crippen LogP contribution in [0.5, 0.6) is 0 Å². The van der Waals surface area contributed by atoms with Gasteiger partial charge in [0.2, 0.25) is 0 Å². The van der Waals surface area contributed by atoms with Crippen LogP contribution in [0.3, 0.4) is 0 Å². The molecule has 1 aliphatic carbocycles. The second kappa shape index (κ2) is 6.22. The molecule has 2 aromatic rings. The van der Waals surface area contributed by atoms with Crippen molar-refractivity contribution in [2.45, 2.75) is 50.5 Å². The van der Waals surface area contributed by atoms with Crippen molar-refractivity contribution < 1.29 is 4.52 Å². The molecule has 0 spiro atoms. The fourth-order valence-electron chi connectivity index (χ4n) is 2.96. The molecule has 0 aliphatic heterocycles. The Morgan fingerprint density at radius 2 is 1.95 bits per heavy atom. The van der Waals surface area contributed by atoms with Gasteiger partial charge in [0.1, 0.15) is 5.76 Å². The zero-order valence-electron chi connectivity index (χ0n) is 13.0. The van der Waals surface area contributed by atoms with Crippen LogP contribution in [0, 0.1) is 13.8 Å². The molecule has 118 valence electrons. The van der Waals surface area contributed by atoms with Gasteiger partial charge in [0.25, 0.3) is 0 Å². The molecule has 1 saturated carbocycles. The first-order valence-electron chi connectivity index (χ1n) is 7.61. The lowest BCUT2D eigenvalue weighted by Crippen LogP contribution is -2.18. The van der Waals surface area contributed by atoms with E-state index in [9.17, 15) is 0 Å². The molecule has 0 unspecified atom stereocenters. The number of hydrogen-bond acceptors (Lipinski definition) is 6. The van der Waals surface area contributed by atoms with Gasteiger partial charge in [-0.05, 0) is 56.3 Å². The topological polar surface area (TPSA) is 90.1 Å². The van der Waals surface area contributed by atoms with Gasteiger partial charge in [-0.1, -0.05) is 18.0 Å². The Bertz CT molecular complexity index is 658. The van der Waals surface area contributed by atoms with E-state index in [4.69, 9.17) is 16.0 Å². The Kier molecular flexibility index (Phi) is 4.31. The molecule has 1 fully saturated rings. The number of rotatable bonds is 4. The fraction of sp³-hybridized carbons (Fsp3) is 0.438. The van der Waals surface area contributed by atoms with Crippen molar-refractivity contribution in [3.8, 4) is 11.1 Å². The molecule has 0 radical (unpaired) electrons. The van der Waals surface area contributed by atoms with Crippen LogP contribution in [-0.4, -0.2) is 11.2 Å². The molecule has 1 aliphatic rings. The van der Waals surface area contributed by atoms with Crippen LogP contribution in [-0.2, 0) is 0 Å². The van der Waals surface area contributed by atoms with Crippen LogP contribution < -0.4 is 16.2 Å². The Morgan fingerprint density at radius 3 is 2.59 bits per heavy atom. The van der Waals surface area contributed by atoms with Gasteiger partial charge in [0.05, 0.1) is 17.1 Å². The number of aryl methyl sites for hydroxylation is 2. The van der Waals surface area contributed by atoms with Crippen LogP contribution in [0.25, 0.3) is 11.1 Å². The number of hydrogen-bond donors (Lipinski definition) is 3. The molecular weight excluding hydrogens is 296 g/mol. The second-order valence-electron chi connectivity index (χ2n) is 5.88. The van der Waals surface area contributed by atoms with Crippen molar-refractivity contribution in [3.63, 3.8) is 0 Å². The van der Waals surface area contributed by atoms with Crippen LogP contribution >= 0.6 is 11.9 Å². The van der Waals surface area contributed by atoms with E-state index in [1.807, 2.05) is 19.9 Å². The summed E-state index contributed by atoms with van der Waals surface area (Å²) in [5.74, 6) is 0.793. The minimum absolute atomic E-state index is 0.563. The van der Waals surface area contributed by atoms with Crippen molar-refractivity contribution in [1.29, 1.82) is 0 Å². The third-order valence-electron chi connectivity index (χ3n) is 4.19. The Balaban J connectivity index is 1.89. The highest BCUT2D eigenvalue weighted by molar-refractivity contribution is 7.97. The van der Waals surface area contributed by atoms with Gasteiger partial charge in [0, 0.05) is 16.5 Å². The first-order valence-corrected chi connectivity index (χ1v) is 8.42. The zero-order chi connectivity index (χ0) is 15.7. The molecule has 0 bridgehead atoms. The minimum Gasteiger partial charge on any atom is -0.397 e.